The molecule has 0 radical (unpaired) electrons. The lowest BCUT2D eigenvalue weighted by atomic mass is 10.1. The molecule has 2 aromatic rings. The van der Waals surface area contributed by atoms with Crippen molar-refractivity contribution in [3.05, 3.63) is 65.5 Å². The Kier molecular flexibility index (Phi) is 4.49. The largest absolute Gasteiger partial charge is 0.486 e. The summed E-state index contributed by atoms with van der Waals surface area (Å²) in [4.78, 5) is 0. The molecule has 0 spiro atoms. The van der Waals surface area contributed by atoms with Gasteiger partial charge in [-0.2, -0.15) is 0 Å². The molecule has 1 atom stereocenters. The maximum Gasteiger partial charge on any atom is 0.165 e. The zero-order valence-corrected chi connectivity index (χ0v) is 10.4. The summed E-state index contributed by atoms with van der Waals surface area (Å²) in [5.41, 5.74) is 6.87. The van der Waals surface area contributed by atoms with Gasteiger partial charge in [0.1, 0.15) is 6.61 Å². The molecule has 0 saturated carbocycles. The number of ether oxygens (including phenoxy) is 1. The molecule has 0 saturated heterocycles. The fourth-order valence-electron chi connectivity index (χ4n) is 1.71. The molecule has 0 aliphatic heterocycles. The van der Waals surface area contributed by atoms with Gasteiger partial charge >= 0.3 is 0 Å². The number of halogens is 1. The minimum atomic E-state index is -0.806. The molecule has 2 rings (SSSR count). The third kappa shape index (κ3) is 3.53. The molecule has 0 aromatic heterocycles. The van der Waals surface area contributed by atoms with E-state index in [1.54, 1.807) is 0 Å². The first-order valence-corrected chi connectivity index (χ1v) is 6.05. The Bertz CT molecular complexity index is 531. The Labute approximate surface area is 111 Å². The van der Waals surface area contributed by atoms with E-state index in [1.165, 1.54) is 18.2 Å². The van der Waals surface area contributed by atoms with Gasteiger partial charge < -0.3 is 15.6 Å². The predicted molar refractivity (Wildman–Crippen MR) is 71.2 cm³/mol. The van der Waals surface area contributed by atoms with E-state index in [4.69, 9.17) is 10.5 Å². The first-order chi connectivity index (χ1) is 9.20. The first kappa shape index (κ1) is 13.5. The van der Waals surface area contributed by atoms with Crippen molar-refractivity contribution in [1.29, 1.82) is 0 Å². The van der Waals surface area contributed by atoms with Gasteiger partial charge in [-0.25, -0.2) is 4.39 Å². The predicted octanol–water partition coefficient (Wildman–Crippen LogP) is 2.40. The molecule has 2 aromatic carbocycles. The fraction of sp³-hybridized carbons (Fsp3) is 0.200. The molecule has 0 heterocycles. The maximum atomic E-state index is 13.6. The van der Waals surface area contributed by atoms with Crippen LogP contribution < -0.4 is 10.5 Å². The minimum absolute atomic E-state index is 0.0871. The van der Waals surface area contributed by atoms with Crippen molar-refractivity contribution < 1.29 is 14.2 Å². The molecule has 100 valence electrons. The van der Waals surface area contributed by atoms with Crippen LogP contribution in [0.5, 0.6) is 5.75 Å². The number of nitrogens with two attached hydrogens (primary N) is 1. The Balaban J connectivity index is 2.11. The first-order valence-electron chi connectivity index (χ1n) is 6.05. The molecule has 19 heavy (non-hydrogen) atoms. The van der Waals surface area contributed by atoms with Gasteiger partial charge in [0.15, 0.2) is 11.6 Å². The number of rotatable bonds is 5. The van der Waals surface area contributed by atoms with Crippen LogP contribution >= 0.6 is 0 Å². The summed E-state index contributed by atoms with van der Waals surface area (Å²) in [6, 6.07) is 13.7. The Morgan fingerprint density at radius 1 is 1.16 bits per heavy atom. The molecule has 0 aliphatic rings. The number of hydrogen-bond donors (Lipinski definition) is 2. The van der Waals surface area contributed by atoms with E-state index in [2.05, 4.69) is 0 Å². The second-order valence-corrected chi connectivity index (χ2v) is 4.22. The zero-order chi connectivity index (χ0) is 13.7. The summed E-state index contributed by atoms with van der Waals surface area (Å²) in [6.07, 6.45) is -0.806. The van der Waals surface area contributed by atoms with Crippen molar-refractivity contribution in [1.82, 2.24) is 0 Å². The maximum absolute atomic E-state index is 13.6. The lowest BCUT2D eigenvalue weighted by molar-refractivity contribution is 0.185. The van der Waals surface area contributed by atoms with Gasteiger partial charge in [0.05, 0.1) is 6.10 Å². The monoisotopic (exact) mass is 261 g/mol. The molecule has 0 amide bonds. The topological polar surface area (TPSA) is 55.5 Å². The highest BCUT2D eigenvalue weighted by Gasteiger charge is 2.10. The zero-order valence-electron chi connectivity index (χ0n) is 10.4. The van der Waals surface area contributed by atoms with E-state index >= 15 is 0 Å². The smallest absolute Gasteiger partial charge is 0.165 e. The van der Waals surface area contributed by atoms with Gasteiger partial charge in [-0.15, -0.1) is 0 Å². The second kappa shape index (κ2) is 6.31. The van der Waals surface area contributed by atoms with Crippen LogP contribution in [0.4, 0.5) is 4.39 Å². The summed E-state index contributed by atoms with van der Waals surface area (Å²) >= 11 is 0. The molecule has 3 N–H and O–H groups in total. The van der Waals surface area contributed by atoms with E-state index in [-0.39, 0.29) is 18.9 Å². The number of aliphatic hydroxyl groups is 1. The molecule has 0 bridgehead atoms. The van der Waals surface area contributed by atoms with Crippen LogP contribution in [0, 0.1) is 5.82 Å². The van der Waals surface area contributed by atoms with Gasteiger partial charge in [-0.1, -0.05) is 36.4 Å². The van der Waals surface area contributed by atoms with Gasteiger partial charge in [-0.05, 0) is 23.3 Å². The summed E-state index contributed by atoms with van der Waals surface area (Å²) in [6.45, 7) is 0.365. The van der Waals surface area contributed by atoms with Crippen LogP contribution in [0.2, 0.25) is 0 Å². The summed E-state index contributed by atoms with van der Waals surface area (Å²) < 4.78 is 19.0. The van der Waals surface area contributed by atoms with Crippen molar-refractivity contribution in [2.24, 2.45) is 5.73 Å². The Morgan fingerprint density at radius 2 is 1.89 bits per heavy atom. The fourth-order valence-corrected chi connectivity index (χ4v) is 1.71. The van der Waals surface area contributed by atoms with E-state index in [1.807, 2.05) is 30.3 Å². The third-order valence-corrected chi connectivity index (χ3v) is 2.80. The molecule has 1 unspecified atom stereocenters. The quantitative estimate of drug-likeness (QED) is 0.869. The average Bonchev–Trinajstić information content (AvgIpc) is 2.46. The van der Waals surface area contributed by atoms with Gasteiger partial charge in [0.25, 0.3) is 0 Å². The lowest BCUT2D eigenvalue weighted by Crippen LogP contribution is -2.11. The van der Waals surface area contributed by atoms with E-state index in [0.717, 1.165) is 5.56 Å². The highest BCUT2D eigenvalue weighted by Crippen LogP contribution is 2.23. The summed E-state index contributed by atoms with van der Waals surface area (Å²) in [7, 11) is 0. The van der Waals surface area contributed by atoms with Gasteiger partial charge in [0, 0.05) is 6.54 Å². The van der Waals surface area contributed by atoms with Crippen LogP contribution in [0.15, 0.2) is 48.5 Å². The Morgan fingerprint density at radius 3 is 2.58 bits per heavy atom. The van der Waals surface area contributed by atoms with Crippen molar-refractivity contribution in [2.45, 2.75) is 12.7 Å². The Hall–Kier alpha value is -1.91. The summed E-state index contributed by atoms with van der Waals surface area (Å²) in [5.74, 6) is -0.335. The number of benzene rings is 2. The normalized spacial score (nSPS) is 12.2. The van der Waals surface area contributed by atoms with Crippen molar-refractivity contribution >= 4 is 0 Å². The number of aliphatic hydroxyl groups excluding tert-OH is 1. The molecule has 4 heteroatoms. The third-order valence-electron chi connectivity index (χ3n) is 2.80. The van der Waals surface area contributed by atoms with Crippen LogP contribution in [-0.2, 0) is 6.61 Å². The summed E-state index contributed by atoms with van der Waals surface area (Å²) in [5, 5.41) is 9.63. The SMILES string of the molecule is NCC(O)c1ccc(F)c(OCc2ccccc2)c1. The molecule has 3 nitrogen and oxygen atoms in total. The molecular weight excluding hydrogens is 245 g/mol. The average molecular weight is 261 g/mol. The molecule has 0 fully saturated rings. The van der Waals surface area contributed by atoms with Crippen LogP contribution in [-0.4, -0.2) is 11.7 Å². The highest BCUT2D eigenvalue weighted by molar-refractivity contribution is 5.32. The van der Waals surface area contributed by atoms with E-state index in [0.29, 0.717) is 5.56 Å². The van der Waals surface area contributed by atoms with Crippen LogP contribution in [0.25, 0.3) is 0 Å². The van der Waals surface area contributed by atoms with Gasteiger partial charge in [0.2, 0.25) is 0 Å². The second-order valence-electron chi connectivity index (χ2n) is 4.22. The van der Waals surface area contributed by atoms with E-state index in [9.17, 15) is 9.50 Å². The van der Waals surface area contributed by atoms with Crippen molar-refractivity contribution in [3.63, 3.8) is 0 Å². The van der Waals surface area contributed by atoms with Gasteiger partial charge in [-0.3, -0.25) is 0 Å². The van der Waals surface area contributed by atoms with Crippen LogP contribution in [0.3, 0.4) is 0 Å². The molecular formula is C15H16FNO2. The number of hydrogen-bond acceptors (Lipinski definition) is 3. The van der Waals surface area contributed by atoms with Crippen LogP contribution in [0.1, 0.15) is 17.2 Å². The lowest BCUT2D eigenvalue weighted by Gasteiger charge is -2.12. The minimum Gasteiger partial charge on any atom is -0.486 e. The molecule has 0 aliphatic carbocycles. The van der Waals surface area contributed by atoms with Crippen molar-refractivity contribution in [3.8, 4) is 5.75 Å². The highest BCUT2D eigenvalue weighted by atomic mass is 19.1. The van der Waals surface area contributed by atoms with Crippen molar-refractivity contribution in [2.75, 3.05) is 6.54 Å². The van der Waals surface area contributed by atoms with E-state index < -0.39 is 11.9 Å². The standard InChI is InChI=1S/C15H16FNO2/c16-13-7-6-12(14(18)9-17)8-15(13)19-10-11-4-2-1-3-5-11/h1-8,14,18H,9-10,17H2.